The summed E-state index contributed by atoms with van der Waals surface area (Å²) in [6.45, 7) is 4.10. The first-order valence-electron chi connectivity index (χ1n) is 7.30. The van der Waals surface area contributed by atoms with Crippen LogP contribution in [-0.4, -0.2) is 38.3 Å². The number of nitrogens with one attached hydrogen (secondary N) is 1. The Balaban J connectivity index is 0.00000161. The summed E-state index contributed by atoms with van der Waals surface area (Å²) in [5.74, 6) is 0.560. The number of nitrogens with zero attached hydrogens (tertiary/aromatic N) is 2. The van der Waals surface area contributed by atoms with Crippen molar-refractivity contribution in [2.45, 2.75) is 25.4 Å². The van der Waals surface area contributed by atoms with E-state index in [-0.39, 0.29) is 24.0 Å². The van der Waals surface area contributed by atoms with Crippen LogP contribution < -0.4 is 16.0 Å². The Morgan fingerprint density at radius 3 is 2.71 bits per heavy atom. The molecule has 1 aliphatic heterocycles. The first-order chi connectivity index (χ1) is 9.83. The number of guanidine groups is 1. The van der Waals surface area contributed by atoms with Crippen molar-refractivity contribution < 1.29 is 4.74 Å². The lowest BCUT2D eigenvalue weighted by Crippen LogP contribution is -2.37. The Bertz CT molecular complexity index is 484. The maximum atomic E-state index is 5.90. The summed E-state index contributed by atoms with van der Waals surface area (Å²) in [6.07, 6.45) is 2.42. The Labute approximate surface area is 143 Å². The highest BCUT2D eigenvalue weighted by Gasteiger charge is 2.21. The highest BCUT2D eigenvalue weighted by Crippen LogP contribution is 2.22. The molecule has 0 atom stereocenters. The summed E-state index contributed by atoms with van der Waals surface area (Å²) >= 11 is 0. The number of anilines is 1. The molecule has 0 spiro atoms. The third kappa shape index (κ3) is 4.74. The maximum absolute atomic E-state index is 5.90. The molecule has 0 bridgehead atoms. The SMILES string of the molecule is I.NC(=NCc1ccccc1N1CCOCC1)NC1CC1. The van der Waals surface area contributed by atoms with Gasteiger partial charge in [-0.3, -0.25) is 0 Å². The molecule has 1 aliphatic carbocycles. The number of hydrogen-bond donors (Lipinski definition) is 2. The van der Waals surface area contributed by atoms with E-state index in [1.165, 1.54) is 24.1 Å². The molecule has 6 heteroatoms. The molecule has 1 aromatic rings. The summed E-state index contributed by atoms with van der Waals surface area (Å²) in [6, 6.07) is 8.95. The summed E-state index contributed by atoms with van der Waals surface area (Å²) in [7, 11) is 0. The molecule has 3 rings (SSSR count). The summed E-state index contributed by atoms with van der Waals surface area (Å²) < 4.78 is 5.41. The number of morpholine rings is 1. The van der Waals surface area contributed by atoms with E-state index >= 15 is 0 Å². The minimum absolute atomic E-state index is 0. The lowest BCUT2D eigenvalue weighted by atomic mass is 10.1. The van der Waals surface area contributed by atoms with Crippen LogP contribution >= 0.6 is 24.0 Å². The van der Waals surface area contributed by atoms with E-state index in [1.807, 2.05) is 0 Å². The Morgan fingerprint density at radius 2 is 2.00 bits per heavy atom. The number of benzene rings is 1. The van der Waals surface area contributed by atoms with E-state index in [2.05, 4.69) is 39.5 Å². The predicted molar refractivity (Wildman–Crippen MR) is 96.4 cm³/mol. The molecular weight excluding hydrogens is 379 g/mol. The zero-order valence-electron chi connectivity index (χ0n) is 12.1. The smallest absolute Gasteiger partial charge is 0.189 e. The number of aliphatic imine (C=N–C) groups is 1. The molecule has 1 heterocycles. The van der Waals surface area contributed by atoms with Gasteiger partial charge in [0.15, 0.2) is 5.96 Å². The predicted octanol–water partition coefficient (Wildman–Crippen LogP) is 1.71. The van der Waals surface area contributed by atoms with E-state index in [0.29, 0.717) is 18.5 Å². The summed E-state index contributed by atoms with van der Waals surface area (Å²) in [5.41, 5.74) is 8.36. The number of para-hydroxylation sites is 1. The molecule has 2 fully saturated rings. The van der Waals surface area contributed by atoms with Crippen molar-refractivity contribution in [1.29, 1.82) is 0 Å². The number of ether oxygens (including phenoxy) is 1. The van der Waals surface area contributed by atoms with E-state index in [9.17, 15) is 0 Å². The van der Waals surface area contributed by atoms with E-state index in [4.69, 9.17) is 10.5 Å². The molecule has 21 heavy (non-hydrogen) atoms. The van der Waals surface area contributed by atoms with Gasteiger partial charge >= 0.3 is 0 Å². The van der Waals surface area contributed by atoms with Gasteiger partial charge in [0.25, 0.3) is 0 Å². The number of rotatable bonds is 4. The largest absolute Gasteiger partial charge is 0.378 e. The minimum atomic E-state index is 0. The second-order valence-electron chi connectivity index (χ2n) is 5.35. The third-order valence-electron chi connectivity index (χ3n) is 3.69. The summed E-state index contributed by atoms with van der Waals surface area (Å²) in [5, 5.41) is 3.22. The molecule has 3 N–H and O–H groups in total. The monoisotopic (exact) mass is 402 g/mol. The van der Waals surface area contributed by atoms with Gasteiger partial charge in [-0.1, -0.05) is 18.2 Å². The molecule has 0 aromatic heterocycles. The van der Waals surface area contributed by atoms with Crippen LogP contribution in [0.4, 0.5) is 5.69 Å². The third-order valence-corrected chi connectivity index (χ3v) is 3.69. The highest BCUT2D eigenvalue weighted by atomic mass is 127. The Hall–Kier alpha value is -1.02. The Morgan fingerprint density at radius 1 is 1.29 bits per heavy atom. The van der Waals surface area contributed by atoms with Crippen LogP contribution in [0.5, 0.6) is 0 Å². The normalized spacial score (nSPS) is 19.0. The van der Waals surface area contributed by atoms with Gasteiger partial charge < -0.3 is 20.7 Å². The van der Waals surface area contributed by atoms with E-state index < -0.39 is 0 Å². The number of nitrogens with two attached hydrogens (primary N) is 1. The van der Waals surface area contributed by atoms with Gasteiger partial charge in [0.05, 0.1) is 19.8 Å². The van der Waals surface area contributed by atoms with Gasteiger partial charge in [-0.25, -0.2) is 4.99 Å². The lowest BCUT2D eigenvalue weighted by molar-refractivity contribution is 0.122. The molecule has 0 unspecified atom stereocenters. The van der Waals surface area contributed by atoms with Crippen molar-refractivity contribution in [2.24, 2.45) is 10.7 Å². The molecule has 1 aromatic carbocycles. The summed E-state index contributed by atoms with van der Waals surface area (Å²) in [4.78, 5) is 6.82. The van der Waals surface area contributed by atoms with Crippen molar-refractivity contribution in [1.82, 2.24) is 5.32 Å². The lowest BCUT2D eigenvalue weighted by Gasteiger charge is -2.30. The first-order valence-corrected chi connectivity index (χ1v) is 7.30. The van der Waals surface area contributed by atoms with Crippen LogP contribution in [0.1, 0.15) is 18.4 Å². The van der Waals surface area contributed by atoms with Crippen molar-refractivity contribution in [3.05, 3.63) is 29.8 Å². The van der Waals surface area contributed by atoms with Crippen molar-refractivity contribution in [3.63, 3.8) is 0 Å². The van der Waals surface area contributed by atoms with Gasteiger partial charge in [0.2, 0.25) is 0 Å². The molecular formula is C15H23IN4O. The van der Waals surface area contributed by atoms with Crippen LogP contribution in [0.15, 0.2) is 29.3 Å². The quantitative estimate of drug-likeness (QED) is 0.457. The average molecular weight is 402 g/mol. The maximum Gasteiger partial charge on any atom is 0.189 e. The van der Waals surface area contributed by atoms with E-state index in [1.54, 1.807) is 0 Å². The molecule has 1 saturated carbocycles. The number of halogens is 1. The molecule has 1 saturated heterocycles. The van der Waals surface area contributed by atoms with Crippen molar-refractivity contribution in [2.75, 3.05) is 31.2 Å². The second-order valence-corrected chi connectivity index (χ2v) is 5.35. The second kappa shape index (κ2) is 7.84. The molecule has 0 amide bonds. The Kier molecular flexibility index (Phi) is 6.10. The molecule has 5 nitrogen and oxygen atoms in total. The fraction of sp³-hybridized carbons (Fsp3) is 0.533. The molecule has 0 radical (unpaired) electrons. The van der Waals surface area contributed by atoms with Gasteiger partial charge in [0.1, 0.15) is 0 Å². The highest BCUT2D eigenvalue weighted by molar-refractivity contribution is 14.0. The molecule has 116 valence electrons. The van der Waals surface area contributed by atoms with Gasteiger partial charge in [-0.05, 0) is 24.5 Å². The standard InChI is InChI=1S/C15H22N4O.HI/c16-15(18-13-5-6-13)17-11-12-3-1-2-4-14(12)19-7-9-20-10-8-19;/h1-4,13H,5-11H2,(H3,16,17,18);1H. The van der Waals surface area contributed by atoms with Crippen LogP contribution in [-0.2, 0) is 11.3 Å². The van der Waals surface area contributed by atoms with Gasteiger partial charge in [0, 0.05) is 24.8 Å². The minimum Gasteiger partial charge on any atom is -0.378 e. The first kappa shape index (κ1) is 16.4. The van der Waals surface area contributed by atoms with Crippen molar-refractivity contribution in [3.8, 4) is 0 Å². The fourth-order valence-electron chi connectivity index (χ4n) is 2.41. The van der Waals surface area contributed by atoms with Crippen LogP contribution in [0.3, 0.4) is 0 Å². The van der Waals surface area contributed by atoms with Crippen LogP contribution in [0, 0.1) is 0 Å². The topological polar surface area (TPSA) is 62.9 Å². The van der Waals surface area contributed by atoms with Crippen LogP contribution in [0.25, 0.3) is 0 Å². The van der Waals surface area contributed by atoms with Crippen LogP contribution in [0.2, 0.25) is 0 Å². The average Bonchev–Trinajstić information content (AvgIpc) is 3.30. The van der Waals surface area contributed by atoms with Gasteiger partial charge in [-0.15, -0.1) is 24.0 Å². The van der Waals surface area contributed by atoms with Gasteiger partial charge in [-0.2, -0.15) is 0 Å². The molecule has 2 aliphatic rings. The van der Waals surface area contributed by atoms with Crippen molar-refractivity contribution >= 4 is 35.6 Å². The number of hydrogen-bond acceptors (Lipinski definition) is 3. The fourth-order valence-corrected chi connectivity index (χ4v) is 2.41. The zero-order valence-corrected chi connectivity index (χ0v) is 14.5. The zero-order chi connectivity index (χ0) is 13.8. The van der Waals surface area contributed by atoms with E-state index in [0.717, 1.165) is 26.3 Å².